The summed E-state index contributed by atoms with van der Waals surface area (Å²) in [6, 6.07) is 23.2. The van der Waals surface area contributed by atoms with Crippen LogP contribution in [0, 0.1) is 0 Å². The predicted octanol–water partition coefficient (Wildman–Crippen LogP) is 5.70. The topological polar surface area (TPSA) is 44.1 Å². The van der Waals surface area contributed by atoms with Gasteiger partial charge in [-0.05, 0) is 53.6 Å². The van der Waals surface area contributed by atoms with Gasteiger partial charge in [-0.1, -0.05) is 54.1 Å². The third-order valence-electron chi connectivity index (χ3n) is 4.69. The molecule has 0 aliphatic carbocycles. The minimum Gasteiger partial charge on any atom is -0.465 e. The van der Waals surface area contributed by atoms with Gasteiger partial charge in [-0.3, -0.25) is 0 Å². The van der Waals surface area contributed by atoms with Gasteiger partial charge in [-0.15, -0.1) is 0 Å². The van der Waals surface area contributed by atoms with E-state index in [1.165, 1.54) is 7.11 Å². The number of fused-ring (bicyclic) bond motifs is 1. The summed E-state index contributed by atoms with van der Waals surface area (Å²) in [7, 11) is 1.38. The van der Waals surface area contributed by atoms with Crippen LogP contribution < -0.4 is 0 Å². The third-order valence-corrected chi connectivity index (χ3v) is 4.95. The van der Waals surface area contributed by atoms with Crippen molar-refractivity contribution in [1.82, 2.24) is 9.55 Å². The van der Waals surface area contributed by atoms with Gasteiger partial charge in [0.2, 0.25) is 0 Å². The maximum Gasteiger partial charge on any atom is 0.337 e. The van der Waals surface area contributed by atoms with Crippen LogP contribution >= 0.6 is 11.6 Å². The quantitative estimate of drug-likeness (QED) is 0.402. The van der Waals surface area contributed by atoms with Crippen LogP contribution in [0.15, 0.2) is 72.8 Å². The van der Waals surface area contributed by atoms with Crippen molar-refractivity contribution >= 4 is 40.8 Å². The first-order chi connectivity index (χ1) is 14.1. The van der Waals surface area contributed by atoms with E-state index in [2.05, 4.69) is 10.6 Å². The number of aromatic nitrogens is 2. The van der Waals surface area contributed by atoms with Crippen LogP contribution in [0.25, 0.3) is 23.2 Å². The average Bonchev–Trinajstić information content (AvgIpc) is 3.11. The van der Waals surface area contributed by atoms with Crippen molar-refractivity contribution in [3.05, 3.63) is 100 Å². The standard InChI is InChI=1S/C24H19ClN2O2/c1-29-24(28)19-11-6-17(7-12-19)10-15-23-26-21-4-2-3-5-22(21)27(23)16-18-8-13-20(25)14-9-18/h2-15H,16H2,1H3. The lowest BCUT2D eigenvalue weighted by Gasteiger charge is -2.08. The number of benzene rings is 3. The van der Waals surface area contributed by atoms with Crippen LogP contribution in [-0.2, 0) is 11.3 Å². The van der Waals surface area contributed by atoms with E-state index >= 15 is 0 Å². The predicted molar refractivity (Wildman–Crippen MR) is 117 cm³/mol. The molecule has 4 nitrogen and oxygen atoms in total. The SMILES string of the molecule is COC(=O)c1ccc(C=Cc2nc3ccccc3n2Cc2ccc(Cl)cc2)cc1. The number of methoxy groups -OCH3 is 1. The van der Waals surface area contributed by atoms with E-state index in [1.54, 1.807) is 12.1 Å². The van der Waals surface area contributed by atoms with Crippen molar-refractivity contribution in [3.63, 3.8) is 0 Å². The van der Waals surface area contributed by atoms with Gasteiger partial charge in [0.15, 0.2) is 0 Å². The molecule has 0 amide bonds. The van der Waals surface area contributed by atoms with Gasteiger partial charge in [0.05, 0.1) is 23.7 Å². The number of rotatable bonds is 5. The van der Waals surface area contributed by atoms with Gasteiger partial charge < -0.3 is 9.30 Å². The maximum absolute atomic E-state index is 11.6. The molecule has 0 N–H and O–H groups in total. The molecule has 1 aromatic heterocycles. The Kier molecular flexibility index (Phi) is 5.45. The number of para-hydroxylation sites is 2. The molecule has 0 aliphatic rings. The fourth-order valence-electron chi connectivity index (χ4n) is 3.18. The highest BCUT2D eigenvalue weighted by Crippen LogP contribution is 2.21. The first-order valence-corrected chi connectivity index (χ1v) is 9.58. The van der Waals surface area contributed by atoms with Crippen LogP contribution in [0.2, 0.25) is 5.02 Å². The van der Waals surface area contributed by atoms with Crippen molar-refractivity contribution in [2.75, 3.05) is 7.11 Å². The molecule has 0 saturated carbocycles. The van der Waals surface area contributed by atoms with Gasteiger partial charge in [-0.2, -0.15) is 0 Å². The van der Waals surface area contributed by atoms with Gasteiger partial charge in [0, 0.05) is 11.6 Å². The van der Waals surface area contributed by atoms with Crippen molar-refractivity contribution in [2.45, 2.75) is 6.54 Å². The molecule has 0 aliphatic heterocycles. The first-order valence-electron chi connectivity index (χ1n) is 9.20. The number of halogens is 1. The van der Waals surface area contributed by atoms with Crippen molar-refractivity contribution in [2.24, 2.45) is 0 Å². The average molecular weight is 403 g/mol. The number of carbonyl (C=O) groups is 1. The molecule has 1 heterocycles. The van der Waals surface area contributed by atoms with E-state index in [0.717, 1.165) is 33.0 Å². The van der Waals surface area contributed by atoms with E-state index in [4.69, 9.17) is 21.3 Å². The molecule has 3 aromatic carbocycles. The van der Waals surface area contributed by atoms with E-state index < -0.39 is 0 Å². The van der Waals surface area contributed by atoms with Gasteiger partial charge >= 0.3 is 5.97 Å². The Bertz CT molecular complexity index is 1180. The van der Waals surface area contributed by atoms with Crippen LogP contribution in [0.3, 0.4) is 0 Å². The van der Waals surface area contributed by atoms with Gasteiger partial charge in [-0.25, -0.2) is 9.78 Å². The largest absolute Gasteiger partial charge is 0.465 e. The second kappa shape index (κ2) is 8.33. The number of nitrogens with zero attached hydrogens (tertiary/aromatic N) is 2. The molecular weight excluding hydrogens is 384 g/mol. The fourth-order valence-corrected chi connectivity index (χ4v) is 3.30. The molecular formula is C24H19ClN2O2. The van der Waals surface area contributed by atoms with E-state index in [1.807, 2.05) is 66.7 Å². The van der Waals surface area contributed by atoms with Crippen molar-refractivity contribution in [1.29, 1.82) is 0 Å². The number of imidazole rings is 1. The van der Waals surface area contributed by atoms with Crippen molar-refractivity contribution < 1.29 is 9.53 Å². The molecule has 5 heteroatoms. The van der Waals surface area contributed by atoms with Gasteiger partial charge in [0.25, 0.3) is 0 Å². The molecule has 0 radical (unpaired) electrons. The molecule has 29 heavy (non-hydrogen) atoms. The molecule has 0 bridgehead atoms. The molecule has 144 valence electrons. The lowest BCUT2D eigenvalue weighted by Crippen LogP contribution is -2.02. The van der Waals surface area contributed by atoms with Crippen LogP contribution in [0.5, 0.6) is 0 Å². The zero-order valence-electron chi connectivity index (χ0n) is 15.9. The summed E-state index contributed by atoms with van der Waals surface area (Å²) in [5.41, 5.74) is 4.67. The number of ether oxygens (including phenoxy) is 1. The van der Waals surface area contributed by atoms with Crippen LogP contribution in [-0.4, -0.2) is 22.6 Å². The van der Waals surface area contributed by atoms with Crippen LogP contribution in [0.1, 0.15) is 27.3 Å². The monoisotopic (exact) mass is 402 g/mol. The summed E-state index contributed by atoms with van der Waals surface area (Å²) in [5, 5.41) is 0.722. The Balaban J connectivity index is 1.66. The fraction of sp³-hybridized carbons (Fsp3) is 0.0833. The minimum absolute atomic E-state index is 0.342. The Morgan fingerprint density at radius 1 is 1.00 bits per heavy atom. The Labute approximate surface area is 174 Å². The third kappa shape index (κ3) is 4.23. The molecule has 0 saturated heterocycles. The summed E-state index contributed by atoms with van der Waals surface area (Å²) in [6.07, 6.45) is 3.98. The Morgan fingerprint density at radius 3 is 2.45 bits per heavy atom. The normalized spacial score (nSPS) is 11.2. The summed E-state index contributed by atoms with van der Waals surface area (Å²) >= 11 is 6.02. The number of carbonyl (C=O) groups excluding carboxylic acids is 1. The highest BCUT2D eigenvalue weighted by atomic mass is 35.5. The van der Waals surface area contributed by atoms with Crippen LogP contribution in [0.4, 0.5) is 0 Å². The molecule has 0 atom stereocenters. The van der Waals surface area contributed by atoms with Gasteiger partial charge in [0.1, 0.15) is 5.82 Å². The summed E-state index contributed by atoms with van der Waals surface area (Å²) in [5.74, 6) is 0.517. The number of hydrogen-bond acceptors (Lipinski definition) is 3. The zero-order chi connectivity index (χ0) is 20.2. The number of esters is 1. The lowest BCUT2D eigenvalue weighted by molar-refractivity contribution is 0.0600. The molecule has 0 spiro atoms. The number of hydrogen-bond donors (Lipinski definition) is 0. The maximum atomic E-state index is 11.6. The first kappa shape index (κ1) is 19.0. The minimum atomic E-state index is -0.342. The summed E-state index contributed by atoms with van der Waals surface area (Å²) < 4.78 is 6.92. The summed E-state index contributed by atoms with van der Waals surface area (Å²) in [4.78, 5) is 16.4. The van der Waals surface area contributed by atoms with Crippen molar-refractivity contribution in [3.8, 4) is 0 Å². The molecule has 4 rings (SSSR count). The Hall–Kier alpha value is -3.37. The smallest absolute Gasteiger partial charge is 0.337 e. The highest BCUT2D eigenvalue weighted by Gasteiger charge is 2.09. The molecule has 0 unspecified atom stereocenters. The highest BCUT2D eigenvalue weighted by molar-refractivity contribution is 6.30. The van der Waals surface area contributed by atoms with E-state index in [9.17, 15) is 4.79 Å². The molecule has 0 fully saturated rings. The lowest BCUT2D eigenvalue weighted by atomic mass is 10.1. The van der Waals surface area contributed by atoms with E-state index in [-0.39, 0.29) is 5.97 Å². The Morgan fingerprint density at radius 2 is 1.72 bits per heavy atom. The zero-order valence-corrected chi connectivity index (χ0v) is 16.6. The second-order valence-corrected chi connectivity index (χ2v) is 7.05. The van der Waals surface area contributed by atoms with E-state index in [0.29, 0.717) is 12.1 Å². The molecule has 4 aromatic rings. The second-order valence-electron chi connectivity index (χ2n) is 6.62. The summed E-state index contributed by atoms with van der Waals surface area (Å²) in [6.45, 7) is 0.693.